The monoisotopic (exact) mass is 506 g/mol. The minimum Gasteiger partial charge on any atom is -0.497 e. The topological polar surface area (TPSA) is 27.7 Å². The molecule has 0 fully saturated rings. The molecule has 1 aromatic carbocycles. The molecule has 2 atom stereocenters. The van der Waals surface area contributed by atoms with Gasteiger partial charge < -0.3 is 13.9 Å². The van der Waals surface area contributed by atoms with E-state index >= 15 is 0 Å². The molecule has 0 saturated heterocycles. The van der Waals surface area contributed by atoms with Crippen LogP contribution in [0.4, 0.5) is 0 Å². The van der Waals surface area contributed by atoms with E-state index in [4.69, 9.17) is 13.9 Å². The van der Waals surface area contributed by atoms with Gasteiger partial charge in [0, 0.05) is 17.1 Å². The van der Waals surface area contributed by atoms with Gasteiger partial charge in [-0.15, -0.1) is 0 Å². The molecule has 0 spiro atoms. The molecule has 0 aliphatic rings. The zero-order valence-corrected chi connectivity index (χ0v) is 21.1. The van der Waals surface area contributed by atoms with Crippen molar-refractivity contribution in [3.63, 3.8) is 0 Å². The molecule has 0 amide bonds. The minimum absolute atomic E-state index is 0.412. The number of halogens is 1. The van der Waals surface area contributed by atoms with Crippen LogP contribution in [0.2, 0.25) is 18.1 Å². The van der Waals surface area contributed by atoms with Gasteiger partial charge >= 0.3 is 0 Å². The number of unbranched alkanes of at least 4 members (excludes halogenated alkanes) is 1. The van der Waals surface area contributed by atoms with Crippen molar-refractivity contribution < 1.29 is 13.9 Å². The Bertz CT molecular complexity index is 483. The molecule has 156 valence electrons. The summed E-state index contributed by atoms with van der Waals surface area (Å²) in [6.07, 6.45) is 3.85. The number of benzene rings is 1. The van der Waals surface area contributed by atoms with Crippen molar-refractivity contribution in [3.8, 4) is 5.75 Å². The van der Waals surface area contributed by atoms with Gasteiger partial charge in [0.15, 0.2) is 8.32 Å². The highest BCUT2D eigenvalue weighted by atomic mass is 127. The number of rotatable bonds is 15. The van der Waals surface area contributed by atoms with Crippen molar-refractivity contribution in [2.75, 3.05) is 18.1 Å². The second kappa shape index (κ2) is 14.0. The summed E-state index contributed by atoms with van der Waals surface area (Å²) in [6, 6.07) is 11.8. The summed E-state index contributed by atoms with van der Waals surface area (Å²) >= 11 is 2.50. The van der Waals surface area contributed by atoms with Crippen LogP contribution in [0.25, 0.3) is 0 Å². The van der Waals surface area contributed by atoms with Crippen molar-refractivity contribution in [2.45, 2.75) is 77.8 Å². The molecule has 0 aromatic heterocycles. The minimum atomic E-state index is -1.53. The van der Waals surface area contributed by atoms with Crippen LogP contribution in [0, 0.1) is 5.92 Å². The Morgan fingerprint density at radius 3 is 2.15 bits per heavy atom. The maximum Gasteiger partial charge on any atom is 0.192 e. The maximum absolute atomic E-state index is 6.82. The summed E-state index contributed by atoms with van der Waals surface area (Å²) in [5.74, 6) is 1.52. The molecule has 0 unspecified atom stereocenters. The SMILES string of the molecule is CC[Si](CC)(CC)O[C@@H](CCCCOCc1ccc(OC)cc1)[C@@H](C)CI. The fourth-order valence-corrected chi connectivity index (χ4v) is 6.90. The van der Waals surface area contributed by atoms with Crippen molar-refractivity contribution in [1.29, 1.82) is 0 Å². The second-order valence-corrected chi connectivity index (χ2v) is 13.0. The average molecular weight is 507 g/mol. The normalized spacial score (nSPS) is 14.1. The summed E-state index contributed by atoms with van der Waals surface area (Å²) in [7, 11) is 0.158. The van der Waals surface area contributed by atoms with Crippen molar-refractivity contribution in [3.05, 3.63) is 29.8 Å². The molecule has 0 saturated carbocycles. The van der Waals surface area contributed by atoms with Gasteiger partial charge in [0.25, 0.3) is 0 Å². The molecule has 0 radical (unpaired) electrons. The van der Waals surface area contributed by atoms with Gasteiger partial charge in [0.2, 0.25) is 0 Å². The summed E-state index contributed by atoms with van der Waals surface area (Å²) in [6.45, 7) is 10.8. The maximum atomic E-state index is 6.82. The number of hydrogen-bond donors (Lipinski definition) is 0. The van der Waals surface area contributed by atoms with Crippen LogP contribution >= 0.6 is 22.6 Å². The third-order valence-electron chi connectivity index (χ3n) is 5.67. The quantitative estimate of drug-likeness (QED) is 0.113. The lowest BCUT2D eigenvalue weighted by Gasteiger charge is -2.36. The van der Waals surface area contributed by atoms with Gasteiger partial charge in [-0.1, -0.05) is 62.4 Å². The fourth-order valence-electron chi connectivity index (χ4n) is 3.34. The van der Waals surface area contributed by atoms with Crippen molar-refractivity contribution in [1.82, 2.24) is 0 Å². The molecule has 3 nitrogen and oxygen atoms in total. The molecule has 0 aliphatic carbocycles. The average Bonchev–Trinajstić information content (AvgIpc) is 2.73. The smallest absolute Gasteiger partial charge is 0.192 e. The first-order valence-corrected chi connectivity index (χ1v) is 14.5. The summed E-state index contributed by atoms with van der Waals surface area (Å²) < 4.78 is 19.0. The van der Waals surface area contributed by atoms with Gasteiger partial charge in [-0.3, -0.25) is 0 Å². The van der Waals surface area contributed by atoms with Crippen LogP contribution in [-0.4, -0.2) is 32.6 Å². The van der Waals surface area contributed by atoms with E-state index in [-0.39, 0.29) is 0 Å². The molecule has 27 heavy (non-hydrogen) atoms. The molecule has 5 heteroatoms. The first kappa shape index (κ1) is 24.9. The predicted molar refractivity (Wildman–Crippen MR) is 127 cm³/mol. The molecule has 0 aliphatic heterocycles. The van der Waals surface area contributed by atoms with Crippen LogP contribution in [0.5, 0.6) is 5.75 Å². The molecule has 0 bridgehead atoms. The van der Waals surface area contributed by atoms with Crippen LogP contribution in [0.3, 0.4) is 0 Å². The van der Waals surface area contributed by atoms with Crippen molar-refractivity contribution >= 4 is 30.9 Å². The van der Waals surface area contributed by atoms with Crippen molar-refractivity contribution in [2.24, 2.45) is 5.92 Å². The summed E-state index contributed by atoms with van der Waals surface area (Å²) in [4.78, 5) is 0. The van der Waals surface area contributed by atoms with Crippen LogP contribution in [0.15, 0.2) is 24.3 Å². The zero-order valence-electron chi connectivity index (χ0n) is 17.9. The Hall–Kier alpha value is -0.113. The molecule has 1 aromatic rings. The third-order valence-corrected chi connectivity index (χ3v) is 11.7. The van der Waals surface area contributed by atoms with E-state index in [9.17, 15) is 0 Å². The van der Waals surface area contributed by atoms with E-state index in [1.54, 1.807) is 7.11 Å². The van der Waals surface area contributed by atoms with E-state index in [0.717, 1.165) is 29.6 Å². The number of methoxy groups -OCH3 is 1. The highest BCUT2D eigenvalue weighted by Crippen LogP contribution is 2.28. The van der Waals surface area contributed by atoms with Gasteiger partial charge in [0.1, 0.15) is 5.75 Å². The fraction of sp³-hybridized carbons (Fsp3) is 0.727. The lowest BCUT2D eigenvalue weighted by molar-refractivity contribution is 0.102. The summed E-state index contributed by atoms with van der Waals surface area (Å²) in [5.41, 5.74) is 1.19. The predicted octanol–water partition coefficient (Wildman–Crippen LogP) is 6.84. The van der Waals surface area contributed by atoms with Crippen LogP contribution < -0.4 is 4.74 Å². The number of alkyl halides is 1. The highest BCUT2D eigenvalue weighted by Gasteiger charge is 2.33. The lowest BCUT2D eigenvalue weighted by Crippen LogP contribution is -2.42. The Labute approximate surface area is 181 Å². The molecule has 0 heterocycles. The van der Waals surface area contributed by atoms with E-state index in [0.29, 0.717) is 18.6 Å². The lowest BCUT2D eigenvalue weighted by atomic mass is 10.0. The summed E-state index contributed by atoms with van der Waals surface area (Å²) in [5, 5.41) is 0. The zero-order chi connectivity index (χ0) is 20.1. The number of hydrogen-bond acceptors (Lipinski definition) is 3. The highest BCUT2D eigenvalue weighted by molar-refractivity contribution is 14.1. The Morgan fingerprint density at radius 2 is 1.63 bits per heavy atom. The first-order valence-electron chi connectivity index (χ1n) is 10.5. The van der Waals surface area contributed by atoms with E-state index < -0.39 is 8.32 Å². The molecule has 1 rings (SSSR count). The van der Waals surface area contributed by atoms with Gasteiger partial charge in [-0.05, 0) is 61.0 Å². The van der Waals surface area contributed by atoms with Crippen LogP contribution in [0.1, 0.15) is 52.5 Å². The van der Waals surface area contributed by atoms with Gasteiger partial charge in [-0.25, -0.2) is 0 Å². The van der Waals surface area contributed by atoms with E-state index in [1.807, 2.05) is 12.1 Å². The third kappa shape index (κ3) is 8.84. The van der Waals surface area contributed by atoms with Gasteiger partial charge in [0.05, 0.1) is 13.7 Å². The molecule has 0 N–H and O–H groups in total. The Balaban J connectivity index is 2.36. The molecular formula is C22H39IO3Si. The van der Waals surface area contributed by atoms with Gasteiger partial charge in [-0.2, -0.15) is 0 Å². The van der Waals surface area contributed by atoms with Crippen LogP contribution in [-0.2, 0) is 15.8 Å². The van der Waals surface area contributed by atoms with E-state index in [1.165, 1.54) is 30.1 Å². The molecular weight excluding hydrogens is 467 g/mol. The standard InChI is InChI=1S/C22H39IO3Si/c1-6-27(7-2,8-3)26-22(19(4)17-23)11-9-10-16-25-18-20-12-14-21(24-5)15-13-20/h12-15,19,22H,6-11,16-18H2,1-5H3/t19-,22-/m0/s1. The Morgan fingerprint density at radius 1 is 1.00 bits per heavy atom. The largest absolute Gasteiger partial charge is 0.497 e. The number of ether oxygens (including phenoxy) is 2. The first-order chi connectivity index (χ1) is 13.0. The van der Waals surface area contributed by atoms with E-state index in [2.05, 4.69) is 62.4 Å². The Kier molecular flexibility index (Phi) is 12.9. The second-order valence-electron chi connectivity index (χ2n) is 7.43.